The molecule has 0 aromatic heterocycles. The average molecular weight is 276 g/mol. The first-order chi connectivity index (χ1) is 9.81. The van der Waals surface area contributed by atoms with Gasteiger partial charge in [0.1, 0.15) is 6.61 Å². The molecule has 0 radical (unpaired) electrons. The quantitative estimate of drug-likeness (QED) is 0.899. The predicted octanol–water partition coefficient (Wildman–Crippen LogP) is 2.79. The lowest BCUT2D eigenvalue weighted by molar-refractivity contribution is 0.0681. The average Bonchev–Trinajstić information content (AvgIpc) is 2.52. The SMILES string of the molecule is CCNCC1CCCCN1C(=O)OCc1ccccc1. The van der Waals surface area contributed by atoms with E-state index in [-0.39, 0.29) is 12.1 Å². The van der Waals surface area contributed by atoms with E-state index in [9.17, 15) is 4.79 Å². The van der Waals surface area contributed by atoms with Gasteiger partial charge in [0, 0.05) is 19.1 Å². The van der Waals surface area contributed by atoms with Gasteiger partial charge in [-0.15, -0.1) is 0 Å². The van der Waals surface area contributed by atoms with Crippen molar-refractivity contribution in [3.63, 3.8) is 0 Å². The van der Waals surface area contributed by atoms with Gasteiger partial charge in [0.25, 0.3) is 0 Å². The van der Waals surface area contributed by atoms with E-state index in [1.165, 1.54) is 6.42 Å². The van der Waals surface area contributed by atoms with Crippen LogP contribution < -0.4 is 5.32 Å². The Balaban J connectivity index is 1.85. The van der Waals surface area contributed by atoms with Crippen LogP contribution in [-0.4, -0.2) is 36.7 Å². The van der Waals surface area contributed by atoms with E-state index in [1.807, 2.05) is 35.2 Å². The second kappa shape index (κ2) is 7.90. The number of carbonyl (C=O) groups excluding carboxylic acids is 1. The Bertz CT molecular complexity index is 408. The molecule has 1 heterocycles. The molecule has 1 fully saturated rings. The maximum absolute atomic E-state index is 12.2. The summed E-state index contributed by atoms with van der Waals surface area (Å²) in [5, 5.41) is 3.33. The first-order valence-electron chi connectivity index (χ1n) is 7.49. The first-order valence-corrected chi connectivity index (χ1v) is 7.49. The molecular formula is C16H24N2O2. The number of benzene rings is 1. The van der Waals surface area contributed by atoms with Gasteiger partial charge in [-0.1, -0.05) is 37.3 Å². The fourth-order valence-corrected chi connectivity index (χ4v) is 2.57. The normalized spacial score (nSPS) is 18.9. The molecule has 1 aromatic carbocycles. The van der Waals surface area contributed by atoms with Gasteiger partial charge in [-0.2, -0.15) is 0 Å². The van der Waals surface area contributed by atoms with Crippen LogP contribution in [0.1, 0.15) is 31.7 Å². The number of hydrogen-bond acceptors (Lipinski definition) is 3. The number of rotatable bonds is 5. The molecule has 4 nitrogen and oxygen atoms in total. The highest BCUT2D eigenvalue weighted by atomic mass is 16.6. The third-order valence-electron chi connectivity index (χ3n) is 3.70. The molecule has 0 bridgehead atoms. The molecule has 1 aliphatic rings. The number of likely N-dealkylation sites (tertiary alicyclic amines) is 1. The van der Waals surface area contributed by atoms with Gasteiger partial charge in [-0.25, -0.2) is 4.79 Å². The van der Waals surface area contributed by atoms with Crippen molar-refractivity contribution in [2.75, 3.05) is 19.6 Å². The summed E-state index contributed by atoms with van der Waals surface area (Å²) in [7, 11) is 0. The third kappa shape index (κ3) is 4.23. The zero-order valence-electron chi connectivity index (χ0n) is 12.2. The van der Waals surface area contributed by atoms with Crippen molar-refractivity contribution < 1.29 is 9.53 Å². The summed E-state index contributed by atoms with van der Waals surface area (Å²) < 4.78 is 5.44. The molecule has 1 unspecified atom stereocenters. The molecule has 2 rings (SSSR count). The highest BCUT2D eigenvalue weighted by molar-refractivity contribution is 5.68. The van der Waals surface area contributed by atoms with Crippen LogP contribution >= 0.6 is 0 Å². The Morgan fingerprint density at radius 1 is 1.35 bits per heavy atom. The van der Waals surface area contributed by atoms with Crippen LogP contribution in [0.4, 0.5) is 4.79 Å². The Morgan fingerprint density at radius 2 is 2.15 bits per heavy atom. The molecule has 1 atom stereocenters. The van der Waals surface area contributed by atoms with Gasteiger partial charge in [0.05, 0.1) is 0 Å². The summed E-state index contributed by atoms with van der Waals surface area (Å²) in [5.74, 6) is 0. The maximum atomic E-state index is 12.2. The van der Waals surface area contributed by atoms with Crippen LogP contribution in [0, 0.1) is 0 Å². The van der Waals surface area contributed by atoms with Crippen molar-refractivity contribution in [2.24, 2.45) is 0 Å². The molecule has 20 heavy (non-hydrogen) atoms. The molecular weight excluding hydrogens is 252 g/mol. The Hall–Kier alpha value is -1.55. The summed E-state index contributed by atoms with van der Waals surface area (Å²) >= 11 is 0. The van der Waals surface area contributed by atoms with Crippen molar-refractivity contribution in [1.82, 2.24) is 10.2 Å². The summed E-state index contributed by atoms with van der Waals surface area (Å²) in [6.07, 6.45) is 3.14. The smallest absolute Gasteiger partial charge is 0.410 e. The molecule has 1 N–H and O–H groups in total. The number of hydrogen-bond donors (Lipinski definition) is 1. The summed E-state index contributed by atoms with van der Waals surface area (Å²) in [6, 6.07) is 10.1. The fourth-order valence-electron chi connectivity index (χ4n) is 2.57. The minimum atomic E-state index is -0.184. The molecule has 0 spiro atoms. The number of amides is 1. The van der Waals surface area contributed by atoms with Crippen molar-refractivity contribution in [3.05, 3.63) is 35.9 Å². The maximum Gasteiger partial charge on any atom is 0.410 e. The molecule has 0 aliphatic carbocycles. The van der Waals surface area contributed by atoms with Gasteiger partial charge >= 0.3 is 6.09 Å². The lowest BCUT2D eigenvalue weighted by atomic mass is 10.0. The first kappa shape index (κ1) is 14.9. The topological polar surface area (TPSA) is 41.6 Å². The third-order valence-corrected chi connectivity index (χ3v) is 3.70. The van der Waals surface area contributed by atoms with Crippen LogP contribution in [0.25, 0.3) is 0 Å². The van der Waals surface area contributed by atoms with E-state index in [1.54, 1.807) is 0 Å². The highest BCUT2D eigenvalue weighted by Gasteiger charge is 2.27. The predicted molar refractivity (Wildman–Crippen MR) is 79.5 cm³/mol. The number of carbonyl (C=O) groups is 1. The minimum absolute atomic E-state index is 0.184. The Kier molecular flexibility index (Phi) is 5.87. The van der Waals surface area contributed by atoms with E-state index in [4.69, 9.17) is 4.74 Å². The number of ether oxygens (including phenoxy) is 1. The highest BCUT2D eigenvalue weighted by Crippen LogP contribution is 2.18. The van der Waals surface area contributed by atoms with E-state index in [2.05, 4.69) is 12.2 Å². The van der Waals surface area contributed by atoms with Crippen LogP contribution in [0.5, 0.6) is 0 Å². The molecule has 1 saturated heterocycles. The van der Waals surface area contributed by atoms with Crippen LogP contribution in [0.3, 0.4) is 0 Å². The molecule has 0 saturated carbocycles. The molecule has 1 aliphatic heterocycles. The minimum Gasteiger partial charge on any atom is -0.445 e. The molecule has 4 heteroatoms. The fraction of sp³-hybridized carbons (Fsp3) is 0.562. The summed E-state index contributed by atoms with van der Waals surface area (Å²) in [4.78, 5) is 14.1. The zero-order valence-corrected chi connectivity index (χ0v) is 12.2. The Labute approximate surface area is 121 Å². The number of nitrogens with one attached hydrogen (secondary N) is 1. The number of piperidine rings is 1. The molecule has 110 valence electrons. The summed E-state index contributed by atoms with van der Waals surface area (Å²) in [6.45, 7) is 5.04. The van der Waals surface area contributed by atoms with Crippen LogP contribution in [0.15, 0.2) is 30.3 Å². The van der Waals surface area contributed by atoms with Crippen molar-refractivity contribution >= 4 is 6.09 Å². The largest absolute Gasteiger partial charge is 0.445 e. The Morgan fingerprint density at radius 3 is 2.90 bits per heavy atom. The van der Waals surface area contributed by atoms with Crippen LogP contribution in [0.2, 0.25) is 0 Å². The second-order valence-corrected chi connectivity index (χ2v) is 5.19. The monoisotopic (exact) mass is 276 g/mol. The van der Waals surface area contributed by atoms with E-state index >= 15 is 0 Å². The number of likely N-dealkylation sites (N-methyl/N-ethyl adjacent to an activating group) is 1. The van der Waals surface area contributed by atoms with Gasteiger partial charge in [0.2, 0.25) is 0 Å². The standard InChI is InChI=1S/C16H24N2O2/c1-2-17-12-15-10-6-7-11-18(15)16(19)20-13-14-8-4-3-5-9-14/h3-5,8-9,15,17H,2,6-7,10-13H2,1H3. The van der Waals surface area contributed by atoms with E-state index in [0.717, 1.165) is 38.0 Å². The van der Waals surface area contributed by atoms with E-state index in [0.29, 0.717) is 6.61 Å². The second-order valence-electron chi connectivity index (χ2n) is 5.19. The molecule has 1 amide bonds. The summed E-state index contributed by atoms with van der Waals surface area (Å²) in [5.41, 5.74) is 1.03. The van der Waals surface area contributed by atoms with E-state index < -0.39 is 0 Å². The lowest BCUT2D eigenvalue weighted by Crippen LogP contribution is -2.48. The number of nitrogens with zero attached hydrogens (tertiary/aromatic N) is 1. The zero-order chi connectivity index (χ0) is 14.2. The van der Waals surface area contributed by atoms with Gasteiger partial charge in [-0.3, -0.25) is 0 Å². The van der Waals surface area contributed by atoms with Gasteiger partial charge < -0.3 is 15.0 Å². The van der Waals surface area contributed by atoms with Crippen molar-refractivity contribution in [2.45, 2.75) is 38.8 Å². The van der Waals surface area contributed by atoms with Crippen molar-refractivity contribution in [1.29, 1.82) is 0 Å². The van der Waals surface area contributed by atoms with Crippen LogP contribution in [-0.2, 0) is 11.3 Å². The molecule has 1 aromatic rings. The van der Waals surface area contributed by atoms with Gasteiger partial charge in [0.15, 0.2) is 0 Å². The van der Waals surface area contributed by atoms with Gasteiger partial charge in [-0.05, 0) is 31.4 Å². The lowest BCUT2D eigenvalue weighted by Gasteiger charge is -2.35. The van der Waals surface area contributed by atoms with Crippen molar-refractivity contribution in [3.8, 4) is 0 Å².